The van der Waals surface area contributed by atoms with Gasteiger partial charge in [-0.15, -0.1) is 5.11 Å². The number of fused-ring (bicyclic) bond motifs is 4. The van der Waals surface area contributed by atoms with E-state index in [9.17, 15) is 0 Å². The normalized spacial score (nSPS) is 12.4. The molecule has 6 aromatic heterocycles. The number of nitrogens with zero attached hydrogens (tertiary/aromatic N) is 19. The monoisotopic (exact) mass is 1330 g/mol. The number of imidazole rings is 2. The smallest absolute Gasteiger partial charge is 0.176 e. The van der Waals surface area contributed by atoms with E-state index in [2.05, 4.69) is 103 Å². The topological polar surface area (TPSA) is 199 Å². The molecular weight excluding hydrogens is 1300 g/mol. The first kappa shape index (κ1) is 42.6. The molecule has 0 saturated heterocycles. The number of aryl methyl sites for hydroxylation is 5. The Hall–Kier alpha value is -3.39. The Labute approximate surface area is 331 Å². The molecule has 23 heteroatoms. The standard InChI is InChI=1S/C7H9N5.C7H6N4.C6H6N5.C5H4N5.4W/c1-5-9-7-4-8-10-6(2)12(7)11(5)3;1-5-10-6-3-8-9-4-7(6)11(5)2;1-4-5(2)9-11-3-7-10-8-6(4)11;1-4-2-6-5-3-7-8-9-10(4)5;;;;/h4H,2H2,1,3H3;2*1-2H3;2H,1H3;;;;/q;-2;2*-1;;;;. The van der Waals surface area contributed by atoms with E-state index >= 15 is 0 Å². The maximum absolute atomic E-state index is 4.26. The van der Waals surface area contributed by atoms with Crippen molar-refractivity contribution in [3.63, 3.8) is 0 Å². The van der Waals surface area contributed by atoms with Gasteiger partial charge in [-0.25, -0.2) is 40.8 Å². The van der Waals surface area contributed by atoms with Gasteiger partial charge in [-0.3, -0.25) is 16.2 Å². The maximum Gasteiger partial charge on any atom is 0.176 e. The van der Waals surface area contributed by atoms with Crippen LogP contribution in [0.2, 0.25) is 0 Å². The Morgan fingerprint density at radius 1 is 0.854 bits per heavy atom. The molecule has 0 N–H and O–H groups in total. The minimum absolute atomic E-state index is 0. The van der Waals surface area contributed by atoms with Gasteiger partial charge in [0.2, 0.25) is 0 Å². The third-order valence-electron chi connectivity index (χ3n) is 6.42. The summed E-state index contributed by atoms with van der Waals surface area (Å²) in [5.74, 6) is 3.20. The third kappa shape index (κ3) is 9.40. The van der Waals surface area contributed by atoms with E-state index in [1.807, 2.05) is 63.3 Å². The number of hydrogen-bond acceptors (Lipinski definition) is 16. The van der Waals surface area contributed by atoms with E-state index < -0.39 is 0 Å². The fourth-order valence-electron chi connectivity index (χ4n) is 3.78. The predicted octanol–water partition coefficient (Wildman–Crippen LogP) is 1.13. The first-order valence-corrected chi connectivity index (χ1v) is 12.8. The van der Waals surface area contributed by atoms with E-state index in [0.717, 1.165) is 51.1 Å². The molecule has 0 aliphatic carbocycles. The zero-order valence-corrected chi connectivity index (χ0v) is 38.2. The van der Waals surface area contributed by atoms with Gasteiger partial charge in [0.05, 0.1) is 17.7 Å². The first-order chi connectivity index (χ1) is 21.2. The molecule has 2 aliphatic heterocycles. The summed E-state index contributed by atoms with van der Waals surface area (Å²) in [6, 6.07) is 0. The number of aromatic nitrogens is 14. The van der Waals surface area contributed by atoms with Gasteiger partial charge in [0.1, 0.15) is 5.84 Å². The molecule has 0 atom stereocenters. The average Bonchev–Trinajstić information content (AvgIpc) is 3.73. The van der Waals surface area contributed by atoms with E-state index in [4.69, 9.17) is 0 Å². The first-order valence-electron chi connectivity index (χ1n) is 12.8. The Balaban J connectivity index is 0.000000312. The van der Waals surface area contributed by atoms with Gasteiger partial charge < -0.3 is 29.4 Å². The Bertz CT molecular complexity index is 1980. The minimum atomic E-state index is 0. The van der Waals surface area contributed by atoms with Crippen molar-refractivity contribution in [3.05, 3.63) is 78.3 Å². The van der Waals surface area contributed by atoms with Crippen LogP contribution in [0.1, 0.15) is 29.7 Å². The number of azo groups is 1. The zero-order chi connectivity index (χ0) is 31.4. The molecule has 48 heavy (non-hydrogen) atoms. The van der Waals surface area contributed by atoms with Crippen LogP contribution in [-0.4, -0.2) is 92.7 Å². The van der Waals surface area contributed by atoms with Crippen molar-refractivity contribution < 1.29 is 84.3 Å². The molecule has 19 nitrogen and oxygen atoms in total. The maximum atomic E-state index is 4.26. The van der Waals surface area contributed by atoms with Crippen molar-refractivity contribution in [1.29, 1.82) is 0 Å². The molecule has 248 valence electrons. The zero-order valence-electron chi connectivity index (χ0n) is 26.5. The van der Waals surface area contributed by atoms with Crippen molar-refractivity contribution in [1.82, 2.24) is 79.8 Å². The SMILES string of the molecule is C=C1N=NC=C2N=C(C)N(C)N12.Cc1cnc2[c-]nnnn12.Cc1nc2[c-]nn[c-]c2n1C.Cc1nn2[c-]nnnc2c1C.[W].[W].[W].[W]. The minimum Gasteiger partial charge on any atom is -0.444 e. The van der Waals surface area contributed by atoms with E-state index in [1.165, 1.54) is 4.52 Å². The number of rotatable bonds is 0. The molecule has 0 unspecified atom stereocenters. The van der Waals surface area contributed by atoms with E-state index in [-0.39, 0.29) is 84.3 Å². The number of amidine groups is 1. The quantitative estimate of drug-likeness (QED) is 0.197. The van der Waals surface area contributed by atoms with E-state index in [1.54, 1.807) is 16.9 Å². The summed E-state index contributed by atoms with van der Waals surface area (Å²) >= 11 is 0. The number of aliphatic imine (C=N–C) groups is 1. The van der Waals surface area contributed by atoms with Crippen LogP contribution in [0, 0.1) is 52.6 Å². The molecule has 8 heterocycles. The fraction of sp³-hybridized carbons (Fsp3) is 0.280. The van der Waals surface area contributed by atoms with Gasteiger partial charge in [0.15, 0.2) is 11.6 Å². The van der Waals surface area contributed by atoms with Gasteiger partial charge >= 0.3 is 0 Å². The molecule has 0 spiro atoms. The second-order valence-corrected chi connectivity index (χ2v) is 9.21. The van der Waals surface area contributed by atoms with Crippen LogP contribution >= 0.6 is 0 Å². The van der Waals surface area contributed by atoms with Gasteiger partial charge in [0, 0.05) is 109 Å². The summed E-state index contributed by atoms with van der Waals surface area (Å²) in [6.07, 6.45) is 13.9. The third-order valence-corrected chi connectivity index (χ3v) is 6.42. The molecule has 2 aliphatic rings. The van der Waals surface area contributed by atoms with Crippen LogP contribution in [0.3, 0.4) is 0 Å². The average molecular weight is 1330 g/mol. The molecule has 6 aromatic rings. The largest absolute Gasteiger partial charge is 0.444 e. The molecular formula is C25H25N19W4-4. The second kappa shape index (κ2) is 19.0. The van der Waals surface area contributed by atoms with Crippen LogP contribution in [0.4, 0.5) is 0 Å². The Morgan fingerprint density at radius 2 is 1.58 bits per heavy atom. The predicted molar refractivity (Wildman–Crippen MR) is 153 cm³/mol. The van der Waals surface area contributed by atoms with Crippen LogP contribution < -0.4 is 0 Å². The van der Waals surface area contributed by atoms with Crippen LogP contribution in [0.15, 0.2) is 45.8 Å². The Morgan fingerprint density at radius 3 is 2.25 bits per heavy atom. The fourth-order valence-corrected chi connectivity index (χ4v) is 3.78. The molecule has 0 fully saturated rings. The van der Waals surface area contributed by atoms with Gasteiger partial charge in [-0.2, -0.15) is 17.5 Å². The van der Waals surface area contributed by atoms with Crippen LogP contribution in [-0.2, 0) is 91.3 Å². The molecule has 0 radical (unpaired) electrons. The van der Waals surface area contributed by atoms with Crippen molar-refractivity contribution >= 4 is 28.2 Å². The summed E-state index contributed by atoms with van der Waals surface area (Å²) < 4.78 is 4.98. The van der Waals surface area contributed by atoms with Gasteiger partial charge in [-0.1, -0.05) is 29.5 Å². The van der Waals surface area contributed by atoms with Gasteiger partial charge in [0.25, 0.3) is 0 Å². The number of hydrazine groups is 1. The summed E-state index contributed by atoms with van der Waals surface area (Å²) in [5, 5.41) is 43.9. The molecule has 0 amide bonds. The molecule has 8 rings (SSSR count). The second-order valence-electron chi connectivity index (χ2n) is 9.21. The van der Waals surface area contributed by atoms with Gasteiger partial charge in [-0.05, 0) is 51.9 Å². The summed E-state index contributed by atoms with van der Waals surface area (Å²) in [5.41, 5.74) is 5.78. The van der Waals surface area contributed by atoms with Crippen molar-refractivity contribution in [2.45, 2.75) is 34.6 Å². The van der Waals surface area contributed by atoms with E-state index in [0.29, 0.717) is 11.5 Å². The summed E-state index contributed by atoms with van der Waals surface area (Å²) in [4.78, 5) is 12.4. The summed E-state index contributed by atoms with van der Waals surface area (Å²) in [7, 11) is 3.82. The van der Waals surface area contributed by atoms with Crippen molar-refractivity contribution in [3.8, 4) is 0 Å². The summed E-state index contributed by atoms with van der Waals surface area (Å²) in [6.45, 7) is 13.3. The molecule has 0 bridgehead atoms. The molecule has 0 aromatic carbocycles. The number of hydrogen-bond donors (Lipinski definition) is 0. The van der Waals surface area contributed by atoms with Crippen molar-refractivity contribution in [2.24, 2.45) is 22.3 Å². The van der Waals surface area contributed by atoms with Crippen molar-refractivity contribution in [2.75, 3.05) is 7.05 Å². The Kier molecular flexibility index (Phi) is 16.8. The van der Waals surface area contributed by atoms with Crippen LogP contribution in [0.25, 0.3) is 22.3 Å². The van der Waals surface area contributed by atoms with Crippen LogP contribution in [0.5, 0.6) is 0 Å². The molecule has 0 saturated carbocycles.